The van der Waals surface area contributed by atoms with Gasteiger partial charge in [-0.1, -0.05) is 37.6 Å². The van der Waals surface area contributed by atoms with Crippen molar-refractivity contribution in [3.63, 3.8) is 0 Å². The van der Waals surface area contributed by atoms with Gasteiger partial charge in [0, 0.05) is 18.1 Å². The molecule has 0 amide bonds. The van der Waals surface area contributed by atoms with E-state index in [1.54, 1.807) is 0 Å². The van der Waals surface area contributed by atoms with Crippen molar-refractivity contribution in [3.8, 4) is 0 Å². The first kappa shape index (κ1) is 11.5. The Balaban J connectivity index is 2.51. The van der Waals surface area contributed by atoms with Gasteiger partial charge in [0.15, 0.2) is 0 Å². The molecule has 2 heteroatoms. The van der Waals surface area contributed by atoms with Crippen molar-refractivity contribution >= 4 is 11.6 Å². The molecule has 0 spiro atoms. The molecule has 0 heterocycles. The van der Waals surface area contributed by atoms with Crippen LogP contribution >= 0.6 is 11.6 Å². The summed E-state index contributed by atoms with van der Waals surface area (Å²) in [6.07, 6.45) is 0. The molecule has 0 unspecified atom stereocenters. The van der Waals surface area contributed by atoms with Gasteiger partial charge in [-0.15, -0.1) is 0 Å². The molecule has 14 heavy (non-hydrogen) atoms. The predicted octanol–water partition coefficient (Wildman–Crippen LogP) is 3.43. The molecule has 0 N–H and O–H groups in total. The van der Waals surface area contributed by atoms with Gasteiger partial charge in [-0.2, -0.15) is 0 Å². The lowest BCUT2D eigenvalue weighted by molar-refractivity contribution is 0.288. The van der Waals surface area contributed by atoms with E-state index in [4.69, 9.17) is 11.6 Å². The minimum atomic E-state index is 0.708. The minimum absolute atomic E-state index is 0.708. The molecule has 0 fully saturated rings. The van der Waals surface area contributed by atoms with Crippen LogP contribution in [0.25, 0.3) is 0 Å². The number of rotatable bonds is 4. The fraction of sp³-hybridized carbons (Fsp3) is 0.500. The van der Waals surface area contributed by atoms with Gasteiger partial charge in [0.2, 0.25) is 0 Å². The zero-order valence-corrected chi connectivity index (χ0v) is 9.88. The highest BCUT2D eigenvalue weighted by atomic mass is 35.5. The Morgan fingerprint density at radius 2 is 2.07 bits per heavy atom. The molecular formula is C12H18ClN. The molecule has 0 saturated heterocycles. The van der Waals surface area contributed by atoms with Gasteiger partial charge >= 0.3 is 0 Å². The second-order valence-electron chi connectivity index (χ2n) is 4.22. The van der Waals surface area contributed by atoms with Crippen LogP contribution in [0.1, 0.15) is 19.4 Å². The van der Waals surface area contributed by atoms with Crippen molar-refractivity contribution in [2.45, 2.75) is 20.4 Å². The van der Waals surface area contributed by atoms with Crippen LogP contribution in [0, 0.1) is 5.92 Å². The molecule has 1 nitrogen and oxygen atoms in total. The maximum absolute atomic E-state index is 5.92. The third-order valence-electron chi connectivity index (χ3n) is 2.02. The van der Waals surface area contributed by atoms with Crippen LogP contribution in [-0.2, 0) is 6.54 Å². The van der Waals surface area contributed by atoms with E-state index in [1.165, 1.54) is 5.56 Å². The van der Waals surface area contributed by atoms with Crippen LogP contribution in [0.5, 0.6) is 0 Å². The first-order valence-corrected chi connectivity index (χ1v) is 5.38. The summed E-state index contributed by atoms with van der Waals surface area (Å²) in [5.41, 5.74) is 1.28. The smallest absolute Gasteiger partial charge is 0.0409 e. The first-order valence-electron chi connectivity index (χ1n) is 5.01. The number of benzene rings is 1. The van der Waals surface area contributed by atoms with Crippen molar-refractivity contribution in [2.75, 3.05) is 13.6 Å². The standard InChI is InChI=1S/C12H18ClN/c1-10(2)8-14(3)9-11-5-4-6-12(13)7-11/h4-7,10H,8-9H2,1-3H3. The molecule has 0 aliphatic carbocycles. The molecule has 78 valence electrons. The third kappa shape index (κ3) is 4.12. The van der Waals surface area contributed by atoms with Crippen LogP contribution in [-0.4, -0.2) is 18.5 Å². The molecule has 1 aromatic rings. The lowest BCUT2D eigenvalue weighted by Gasteiger charge is -2.18. The SMILES string of the molecule is CC(C)CN(C)Cc1cccc(Cl)c1. The van der Waals surface area contributed by atoms with E-state index in [0.29, 0.717) is 5.92 Å². The normalized spacial score (nSPS) is 11.3. The van der Waals surface area contributed by atoms with Crippen molar-refractivity contribution in [1.29, 1.82) is 0 Å². The van der Waals surface area contributed by atoms with Gasteiger partial charge in [-0.3, -0.25) is 0 Å². The van der Waals surface area contributed by atoms with E-state index in [9.17, 15) is 0 Å². The Kier molecular flexibility index (Phi) is 4.43. The minimum Gasteiger partial charge on any atom is -0.302 e. The summed E-state index contributed by atoms with van der Waals surface area (Å²) in [5, 5.41) is 0.820. The van der Waals surface area contributed by atoms with Gasteiger partial charge in [-0.25, -0.2) is 0 Å². The molecule has 0 bridgehead atoms. The Bertz CT molecular complexity index is 283. The van der Waals surface area contributed by atoms with E-state index >= 15 is 0 Å². The van der Waals surface area contributed by atoms with Gasteiger partial charge in [0.25, 0.3) is 0 Å². The topological polar surface area (TPSA) is 3.24 Å². The number of hydrogen-bond acceptors (Lipinski definition) is 1. The molecule has 1 rings (SSSR count). The summed E-state index contributed by atoms with van der Waals surface area (Å²) in [5.74, 6) is 0.708. The molecule has 0 atom stereocenters. The zero-order chi connectivity index (χ0) is 10.6. The third-order valence-corrected chi connectivity index (χ3v) is 2.25. The average molecular weight is 212 g/mol. The van der Waals surface area contributed by atoms with Gasteiger partial charge < -0.3 is 4.90 Å². The van der Waals surface area contributed by atoms with E-state index < -0.39 is 0 Å². The monoisotopic (exact) mass is 211 g/mol. The van der Waals surface area contributed by atoms with Crippen LogP contribution < -0.4 is 0 Å². The Hall–Kier alpha value is -0.530. The summed E-state index contributed by atoms with van der Waals surface area (Å²) < 4.78 is 0. The van der Waals surface area contributed by atoms with Crippen molar-refractivity contribution in [2.24, 2.45) is 5.92 Å². The fourth-order valence-electron chi connectivity index (χ4n) is 1.63. The lowest BCUT2D eigenvalue weighted by Crippen LogP contribution is -2.22. The highest BCUT2D eigenvalue weighted by molar-refractivity contribution is 6.30. The van der Waals surface area contributed by atoms with Crippen LogP contribution in [0.4, 0.5) is 0 Å². The lowest BCUT2D eigenvalue weighted by atomic mass is 10.2. The Labute approximate surface area is 91.7 Å². The zero-order valence-electron chi connectivity index (χ0n) is 9.13. The van der Waals surface area contributed by atoms with Crippen LogP contribution in [0.15, 0.2) is 24.3 Å². The van der Waals surface area contributed by atoms with Gasteiger partial charge in [0.1, 0.15) is 0 Å². The number of halogens is 1. The van der Waals surface area contributed by atoms with E-state index in [2.05, 4.69) is 31.9 Å². The summed E-state index contributed by atoms with van der Waals surface area (Å²) in [6.45, 7) is 6.55. The second-order valence-corrected chi connectivity index (χ2v) is 4.66. The van der Waals surface area contributed by atoms with E-state index in [-0.39, 0.29) is 0 Å². The maximum atomic E-state index is 5.92. The summed E-state index contributed by atoms with van der Waals surface area (Å²) >= 11 is 5.92. The fourth-order valence-corrected chi connectivity index (χ4v) is 1.85. The highest BCUT2D eigenvalue weighted by Gasteiger charge is 2.02. The summed E-state index contributed by atoms with van der Waals surface area (Å²) in [7, 11) is 2.14. The second kappa shape index (κ2) is 5.38. The molecule has 0 aliphatic heterocycles. The molecule has 0 aromatic heterocycles. The molecule has 0 aliphatic rings. The average Bonchev–Trinajstić information content (AvgIpc) is 2.01. The van der Waals surface area contributed by atoms with Gasteiger partial charge in [0.05, 0.1) is 0 Å². The predicted molar refractivity (Wildman–Crippen MR) is 62.6 cm³/mol. The van der Waals surface area contributed by atoms with Gasteiger partial charge in [-0.05, 0) is 30.7 Å². The summed E-state index contributed by atoms with van der Waals surface area (Å²) in [6, 6.07) is 8.05. The maximum Gasteiger partial charge on any atom is 0.0409 e. The Morgan fingerprint density at radius 1 is 1.36 bits per heavy atom. The Morgan fingerprint density at radius 3 is 2.64 bits per heavy atom. The first-order chi connectivity index (χ1) is 6.58. The molecular weight excluding hydrogens is 194 g/mol. The quantitative estimate of drug-likeness (QED) is 0.738. The number of nitrogens with zero attached hydrogens (tertiary/aromatic N) is 1. The van der Waals surface area contributed by atoms with Crippen molar-refractivity contribution in [1.82, 2.24) is 4.90 Å². The van der Waals surface area contributed by atoms with Crippen LogP contribution in [0.3, 0.4) is 0 Å². The largest absolute Gasteiger partial charge is 0.302 e. The molecule has 0 saturated carbocycles. The number of hydrogen-bond donors (Lipinski definition) is 0. The molecule has 1 aromatic carbocycles. The van der Waals surface area contributed by atoms with E-state index in [0.717, 1.165) is 18.1 Å². The van der Waals surface area contributed by atoms with Crippen LogP contribution in [0.2, 0.25) is 5.02 Å². The highest BCUT2D eigenvalue weighted by Crippen LogP contribution is 2.12. The van der Waals surface area contributed by atoms with E-state index in [1.807, 2.05) is 18.2 Å². The van der Waals surface area contributed by atoms with Crippen molar-refractivity contribution < 1.29 is 0 Å². The van der Waals surface area contributed by atoms with Crippen molar-refractivity contribution in [3.05, 3.63) is 34.9 Å². The molecule has 0 radical (unpaired) electrons. The summed E-state index contributed by atoms with van der Waals surface area (Å²) in [4.78, 5) is 2.32.